The first-order valence-corrected chi connectivity index (χ1v) is 11.4. The van der Waals surface area contributed by atoms with E-state index < -0.39 is 69.0 Å². The molecule has 0 aliphatic rings. The van der Waals surface area contributed by atoms with Crippen LogP contribution in [0.15, 0.2) is 0 Å². The Morgan fingerprint density at radius 3 is 1.52 bits per heavy atom. The van der Waals surface area contributed by atoms with Crippen LogP contribution in [0.5, 0.6) is 0 Å². The molecule has 0 radical (unpaired) electrons. The van der Waals surface area contributed by atoms with E-state index in [1.807, 2.05) is 0 Å². The second-order valence-electron chi connectivity index (χ2n) is 6.28. The van der Waals surface area contributed by atoms with Crippen LogP contribution < -0.4 is 5.32 Å². The van der Waals surface area contributed by atoms with Gasteiger partial charge in [0.05, 0.1) is 18.8 Å². The predicted molar refractivity (Wildman–Crippen MR) is 99.0 cm³/mol. The number of carboxylic acid groups (broad SMARTS) is 4. The Kier molecular flexibility index (Phi) is 13.0. The zero-order valence-electron chi connectivity index (χ0n) is 16.1. The second kappa shape index (κ2) is 12.8. The molecule has 2 unspecified atom stereocenters. The maximum Gasteiger partial charge on any atom is 0.369 e. The number of carbonyl (C=O) groups is 4. The quantitative estimate of drug-likeness (QED) is 0.102. The van der Waals surface area contributed by atoms with Crippen LogP contribution in [0.2, 0.25) is 0 Å². The molecule has 0 rings (SSSR count). The van der Waals surface area contributed by atoms with Gasteiger partial charge in [-0.05, 0) is 26.3 Å². The lowest BCUT2D eigenvalue weighted by Crippen LogP contribution is -2.39. The minimum Gasteiger partial charge on any atom is -0.481 e. The molecule has 10 N–H and O–H groups in total. The molecule has 0 aromatic heterocycles. The fourth-order valence-corrected chi connectivity index (χ4v) is 3.10. The Morgan fingerprint density at radius 1 is 0.839 bits per heavy atom. The van der Waals surface area contributed by atoms with E-state index in [0.29, 0.717) is 6.92 Å². The average Bonchev–Trinajstić information content (AvgIpc) is 2.53. The van der Waals surface area contributed by atoms with Crippen LogP contribution in [-0.2, 0) is 28.3 Å². The summed E-state index contributed by atoms with van der Waals surface area (Å²) < 4.78 is 20.5. The fraction of sp³-hybridized carbons (Fsp3) is 0.692. The van der Waals surface area contributed by atoms with Gasteiger partial charge in [0.2, 0.25) is 0 Å². The molecule has 0 fully saturated rings. The van der Waals surface area contributed by atoms with Crippen LogP contribution in [0.1, 0.15) is 32.6 Å². The zero-order valence-corrected chi connectivity index (χ0v) is 17.8. The summed E-state index contributed by atoms with van der Waals surface area (Å²) in [5.41, 5.74) is 0. The van der Waals surface area contributed by atoms with Crippen molar-refractivity contribution in [1.82, 2.24) is 5.32 Å². The molecule has 31 heavy (non-hydrogen) atoms. The topological polar surface area (TPSA) is 297 Å². The lowest BCUT2D eigenvalue weighted by Gasteiger charge is -2.24. The molecule has 0 saturated carbocycles. The Bertz CT molecular complexity index is 679. The highest BCUT2D eigenvalue weighted by Gasteiger charge is 2.55. The molecule has 182 valence electrons. The Labute approximate surface area is 174 Å². The molecule has 0 spiro atoms. The summed E-state index contributed by atoms with van der Waals surface area (Å²) in [5.74, 6) is -6.07. The standard InChI is InChI=1S/C11H17NO8.C2H8O7P2/c13-8(14)4-6(10(17)18)2-1-3-12-7(11(19)20)5-9(15)16;1-2(3,10(4,5)6)11(7,8)9/h6-7,12H,1-5H2,(H,13,14)(H,15,16)(H,17,18)(H,19,20);3H,1H3,(H2,4,5,6)(H2,7,8,9). The number of hydrogen-bond donors (Lipinski definition) is 10. The van der Waals surface area contributed by atoms with Crippen molar-refractivity contribution in [3.63, 3.8) is 0 Å². The van der Waals surface area contributed by atoms with Gasteiger partial charge >= 0.3 is 39.1 Å². The molecule has 0 saturated heterocycles. The van der Waals surface area contributed by atoms with Crippen LogP contribution >= 0.6 is 15.2 Å². The summed E-state index contributed by atoms with van der Waals surface area (Å²) in [6.07, 6.45) is -0.804. The summed E-state index contributed by atoms with van der Waals surface area (Å²) in [5, 5.41) is 42.4. The zero-order chi connectivity index (χ0) is 25.2. The van der Waals surface area contributed by atoms with Crippen LogP contribution in [0.25, 0.3) is 0 Å². The summed E-state index contributed by atoms with van der Waals surface area (Å²) in [4.78, 5) is 75.3. The molecule has 0 aromatic rings. The number of carboxylic acids is 4. The molecular formula is C13H25NO15P2. The van der Waals surface area contributed by atoms with Crippen molar-refractivity contribution < 1.29 is 73.4 Å². The van der Waals surface area contributed by atoms with Gasteiger partial charge in [-0.25, -0.2) is 0 Å². The van der Waals surface area contributed by atoms with Crippen LogP contribution in [-0.4, -0.2) is 86.7 Å². The van der Waals surface area contributed by atoms with Crippen molar-refractivity contribution in [2.45, 2.75) is 43.7 Å². The Morgan fingerprint density at radius 2 is 1.26 bits per heavy atom. The van der Waals surface area contributed by atoms with Crippen molar-refractivity contribution >= 4 is 39.1 Å². The van der Waals surface area contributed by atoms with Gasteiger partial charge in [-0.2, -0.15) is 0 Å². The highest BCUT2D eigenvalue weighted by atomic mass is 31.2. The normalized spacial score (nSPS) is 14.0. The molecule has 2 atom stereocenters. The largest absolute Gasteiger partial charge is 0.481 e. The molecule has 0 bridgehead atoms. The van der Waals surface area contributed by atoms with Crippen molar-refractivity contribution in [2.75, 3.05) is 6.54 Å². The van der Waals surface area contributed by atoms with Crippen molar-refractivity contribution in [1.29, 1.82) is 0 Å². The van der Waals surface area contributed by atoms with E-state index in [4.69, 9.17) is 45.1 Å². The van der Waals surface area contributed by atoms with E-state index in [2.05, 4.69) is 5.32 Å². The van der Waals surface area contributed by atoms with Crippen molar-refractivity contribution in [3.8, 4) is 0 Å². The highest BCUT2D eigenvalue weighted by molar-refractivity contribution is 7.71. The van der Waals surface area contributed by atoms with Gasteiger partial charge in [-0.15, -0.1) is 0 Å². The third-order valence-corrected chi connectivity index (χ3v) is 7.44. The van der Waals surface area contributed by atoms with E-state index in [0.717, 1.165) is 0 Å². The second-order valence-corrected chi connectivity index (χ2v) is 10.5. The van der Waals surface area contributed by atoms with Gasteiger partial charge in [0.1, 0.15) is 6.04 Å². The smallest absolute Gasteiger partial charge is 0.369 e. The Balaban J connectivity index is 0. The molecule has 18 heteroatoms. The van der Waals surface area contributed by atoms with Gasteiger partial charge in [-0.1, -0.05) is 0 Å². The number of aliphatic carboxylic acids is 4. The average molecular weight is 497 g/mol. The Hall–Kier alpha value is -1.90. The first kappa shape index (κ1) is 31.3. The molecule has 16 nitrogen and oxygen atoms in total. The van der Waals surface area contributed by atoms with Gasteiger partial charge in [0.25, 0.3) is 5.08 Å². The SMILES string of the molecule is CC(O)(P(=O)(O)O)P(=O)(O)O.O=C(O)CC(CCCNC(CC(=O)O)C(=O)O)C(=O)O. The van der Waals surface area contributed by atoms with Crippen molar-refractivity contribution in [3.05, 3.63) is 0 Å². The van der Waals surface area contributed by atoms with Gasteiger partial charge < -0.3 is 50.4 Å². The van der Waals surface area contributed by atoms with Crippen LogP contribution in [0.4, 0.5) is 0 Å². The molecule has 0 heterocycles. The molecule has 0 aliphatic carbocycles. The molecular weight excluding hydrogens is 472 g/mol. The summed E-state index contributed by atoms with van der Waals surface area (Å²) >= 11 is 0. The van der Waals surface area contributed by atoms with E-state index >= 15 is 0 Å². The van der Waals surface area contributed by atoms with Gasteiger partial charge in [0, 0.05) is 0 Å². The molecule has 0 amide bonds. The number of rotatable bonds is 13. The maximum absolute atomic E-state index is 10.8. The third kappa shape index (κ3) is 12.5. The van der Waals surface area contributed by atoms with Crippen LogP contribution in [0, 0.1) is 5.92 Å². The van der Waals surface area contributed by atoms with E-state index in [1.165, 1.54) is 0 Å². The predicted octanol–water partition coefficient (Wildman–Crippen LogP) is -1.53. The number of nitrogens with one attached hydrogen (secondary N) is 1. The monoisotopic (exact) mass is 497 g/mol. The van der Waals surface area contributed by atoms with E-state index in [-0.39, 0.29) is 19.4 Å². The third-order valence-electron chi connectivity index (χ3n) is 3.67. The lowest BCUT2D eigenvalue weighted by molar-refractivity contribution is -0.148. The van der Waals surface area contributed by atoms with E-state index in [9.17, 15) is 28.3 Å². The van der Waals surface area contributed by atoms with Crippen molar-refractivity contribution in [2.24, 2.45) is 5.92 Å². The first-order valence-electron chi connectivity index (χ1n) is 8.20. The van der Waals surface area contributed by atoms with Crippen LogP contribution in [0.3, 0.4) is 0 Å². The molecule has 0 aliphatic heterocycles. The summed E-state index contributed by atoms with van der Waals surface area (Å²) in [7, 11) is -10.4. The lowest BCUT2D eigenvalue weighted by atomic mass is 9.99. The highest BCUT2D eigenvalue weighted by Crippen LogP contribution is 2.66. The number of aliphatic hydroxyl groups is 1. The number of hydrogen-bond acceptors (Lipinski definition) is 8. The van der Waals surface area contributed by atoms with Gasteiger partial charge in [0.15, 0.2) is 0 Å². The maximum atomic E-state index is 10.8. The minimum atomic E-state index is -5.20. The van der Waals surface area contributed by atoms with E-state index in [1.54, 1.807) is 0 Å². The first-order chi connectivity index (χ1) is 13.7. The summed E-state index contributed by atoms with van der Waals surface area (Å²) in [6, 6.07) is -1.25. The molecule has 0 aromatic carbocycles. The van der Waals surface area contributed by atoms with Gasteiger partial charge in [-0.3, -0.25) is 28.3 Å². The summed E-state index contributed by atoms with van der Waals surface area (Å²) in [6.45, 7) is 0.474. The minimum absolute atomic E-state index is 0.0635. The fourth-order valence-electron chi connectivity index (χ4n) is 1.74.